The second-order valence-corrected chi connectivity index (χ2v) is 8.91. The van der Waals surface area contributed by atoms with Crippen molar-refractivity contribution in [3.63, 3.8) is 0 Å². The molecule has 36 heavy (non-hydrogen) atoms. The van der Waals surface area contributed by atoms with Crippen LogP contribution >= 0.6 is 0 Å². The number of hydrogen-bond acceptors (Lipinski definition) is 4. The number of hydrogen-bond donors (Lipinski definition) is 3. The van der Waals surface area contributed by atoms with Crippen molar-refractivity contribution in [1.82, 2.24) is 14.9 Å². The molecule has 2 heterocycles. The van der Waals surface area contributed by atoms with E-state index in [1.807, 2.05) is 6.07 Å². The molecular weight excluding hydrogens is 475 g/mol. The highest BCUT2D eigenvalue weighted by Gasteiger charge is 2.45. The van der Waals surface area contributed by atoms with Gasteiger partial charge in [-0.3, -0.25) is 14.2 Å². The van der Waals surface area contributed by atoms with Crippen molar-refractivity contribution in [1.29, 1.82) is 0 Å². The van der Waals surface area contributed by atoms with Gasteiger partial charge in [-0.25, -0.2) is 0 Å². The van der Waals surface area contributed by atoms with Crippen LogP contribution in [0.5, 0.6) is 5.75 Å². The minimum atomic E-state index is -4.91. The molecule has 0 radical (unpaired) electrons. The Morgan fingerprint density at radius 1 is 1.08 bits per heavy atom. The fourth-order valence-electron chi connectivity index (χ4n) is 4.35. The largest absolute Gasteiger partial charge is 0.495 e. The van der Waals surface area contributed by atoms with Gasteiger partial charge in [-0.05, 0) is 23.6 Å². The van der Waals surface area contributed by atoms with Crippen LogP contribution in [-0.2, 0) is 11.3 Å². The molecule has 0 aliphatic heterocycles. The van der Waals surface area contributed by atoms with Crippen LogP contribution in [0.2, 0.25) is 0 Å². The first-order chi connectivity index (χ1) is 17.0. The number of benzene rings is 2. The third-order valence-electron chi connectivity index (χ3n) is 6.18. The monoisotopic (exact) mass is 501 g/mol. The van der Waals surface area contributed by atoms with Gasteiger partial charge in [0.25, 0.3) is 5.56 Å². The predicted molar refractivity (Wildman–Crippen MR) is 131 cm³/mol. The second kappa shape index (κ2) is 9.69. The van der Waals surface area contributed by atoms with Crippen molar-refractivity contribution in [2.24, 2.45) is 5.92 Å². The number of methoxy groups -OCH3 is 1. The summed E-state index contributed by atoms with van der Waals surface area (Å²) in [5.41, 5.74) is 1.40. The van der Waals surface area contributed by atoms with E-state index in [1.165, 1.54) is 25.5 Å². The maximum absolute atomic E-state index is 13.6. The molecule has 4 aromatic rings. The third-order valence-corrected chi connectivity index (χ3v) is 6.18. The number of para-hydroxylation sites is 1. The molecule has 2 atom stereocenters. The minimum Gasteiger partial charge on any atom is -0.495 e. The van der Waals surface area contributed by atoms with Crippen molar-refractivity contribution in [2.75, 3.05) is 7.11 Å². The Kier molecular flexibility index (Phi) is 6.81. The first kappa shape index (κ1) is 25.3. The molecule has 0 bridgehead atoms. The van der Waals surface area contributed by atoms with Gasteiger partial charge < -0.3 is 20.1 Å². The number of aliphatic hydroxyl groups excluding tert-OH is 1. The summed E-state index contributed by atoms with van der Waals surface area (Å²) in [6.45, 7) is 2.39. The molecule has 4 rings (SSSR count). The van der Waals surface area contributed by atoms with Crippen molar-refractivity contribution in [3.05, 3.63) is 65.0 Å². The van der Waals surface area contributed by atoms with E-state index in [2.05, 4.69) is 10.3 Å². The number of aromatic nitrogens is 2. The Bertz CT molecular complexity index is 1460. The van der Waals surface area contributed by atoms with Gasteiger partial charge in [0.1, 0.15) is 17.8 Å². The van der Waals surface area contributed by atoms with Gasteiger partial charge in [0.15, 0.2) is 6.10 Å². The molecule has 1 amide bonds. The predicted octanol–water partition coefficient (Wildman–Crippen LogP) is 4.22. The highest BCUT2D eigenvalue weighted by Crippen LogP contribution is 2.32. The molecule has 10 heteroatoms. The van der Waals surface area contributed by atoms with Crippen LogP contribution in [-0.4, -0.2) is 46.0 Å². The maximum Gasteiger partial charge on any atom is 0.416 e. The van der Waals surface area contributed by atoms with Gasteiger partial charge in [-0.15, -0.1) is 0 Å². The van der Waals surface area contributed by atoms with Crippen LogP contribution in [0.15, 0.2) is 59.4 Å². The number of ether oxygens (including phenoxy) is 1. The van der Waals surface area contributed by atoms with E-state index in [0.717, 1.165) is 5.39 Å². The van der Waals surface area contributed by atoms with Crippen LogP contribution in [0.3, 0.4) is 0 Å². The molecule has 0 aliphatic carbocycles. The highest BCUT2D eigenvalue weighted by atomic mass is 19.4. The van der Waals surface area contributed by atoms with E-state index in [4.69, 9.17) is 4.74 Å². The van der Waals surface area contributed by atoms with E-state index in [0.29, 0.717) is 27.9 Å². The standard InChI is InChI=1S/C26H26F3N3O4/c1-14(2)21(24(34)26(27,28)29)30-20(33)13-32-18(15-8-5-4-6-9-15)12-17-16-10-7-11-19(36-3)22(16)31-23(17)25(32)35/h4-12,14,21,24,31,34H,13H2,1-3H3,(H,30,33). The van der Waals surface area contributed by atoms with E-state index < -0.39 is 42.3 Å². The Morgan fingerprint density at radius 2 is 1.78 bits per heavy atom. The number of amides is 1. The third kappa shape index (κ3) is 4.68. The lowest BCUT2D eigenvalue weighted by atomic mass is 9.98. The average Bonchev–Trinajstić information content (AvgIpc) is 3.22. The lowest BCUT2D eigenvalue weighted by molar-refractivity contribution is -0.215. The molecule has 0 fully saturated rings. The Morgan fingerprint density at radius 3 is 2.39 bits per heavy atom. The summed E-state index contributed by atoms with van der Waals surface area (Å²) < 4.78 is 46.1. The molecule has 3 N–H and O–H groups in total. The van der Waals surface area contributed by atoms with Crippen molar-refractivity contribution < 1.29 is 27.8 Å². The molecule has 2 aromatic carbocycles. The number of alkyl halides is 3. The quantitative estimate of drug-likeness (QED) is 0.353. The summed E-state index contributed by atoms with van der Waals surface area (Å²) in [6, 6.07) is 14.5. The Labute approximate surface area is 204 Å². The Balaban J connectivity index is 1.83. The first-order valence-electron chi connectivity index (χ1n) is 11.3. The first-order valence-corrected chi connectivity index (χ1v) is 11.3. The van der Waals surface area contributed by atoms with Gasteiger partial charge >= 0.3 is 6.18 Å². The van der Waals surface area contributed by atoms with Gasteiger partial charge in [-0.1, -0.05) is 56.3 Å². The summed E-state index contributed by atoms with van der Waals surface area (Å²) in [5.74, 6) is -1.00. The number of H-pyrrole nitrogens is 1. The zero-order chi connectivity index (χ0) is 26.2. The SMILES string of the molecule is COc1cccc2c1[nH]c1c(=O)n(CC(=O)NC(C(C)C)C(O)C(F)(F)F)c(-c3ccccc3)cc12. The van der Waals surface area contributed by atoms with Gasteiger partial charge in [0.05, 0.1) is 24.4 Å². The van der Waals surface area contributed by atoms with Crippen molar-refractivity contribution in [2.45, 2.75) is 38.7 Å². The summed E-state index contributed by atoms with van der Waals surface area (Å²) in [4.78, 5) is 29.6. The molecule has 190 valence electrons. The number of aliphatic hydroxyl groups is 1. The number of halogens is 3. The number of carbonyl (C=O) groups excluding carboxylic acids is 1. The molecule has 2 unspecified atom stereocenters. The van der Waals surface area contributed by atoms with Crippen LogP contribution in [0.25, 0.3) is 33.1 Å². The van der Waals surface area contributed by atoms with E-state index >= 15 is 0 Å². The number of fused-ring (bicyclic) bond motifs is 3. The fourth-order valence-corrected chi connectivity index (χ4v) is 4.35. The zero-order valence-corrected chi connectivity index (χ0v) is 19.9. The van der Waals surface area contributed by atoms with Crippen molar-refractivity contribution >= 4 is 27.7 Å². The lowest BCUT2D eigenvalue weighted by Crippen LogP contribution is -2.53. The normalized spacial score (nSPS) is 13.8. The summed E-state index contributed by atoms with van der Waals surface area (Å²) >= 11 is 0. The smallest absolute Gasteiger partial charge is 0.416 e. The number of rotatable bonds is 7. The number of nitrogens with one attached hydrogen (secondary N) is 2. The van der Waals surface area contributed by atoms with E-state index in [9.17, 15) is 27.9 Å². The molecular formula is C26H26F3N3O4. The van der Waals surface area contributed by atoms with E-state index in [1.54, 1.807) is 48.5 Å². The van der Waals surface area contributed by atoms with E-state index in [-0.39, 0.29) is 5.52 Å². The number of aromatic amines is 1. The lowest BCUT2D eigenvalue weighted by Gasteiger charge is -2.29. The molecule has 0 saturated heterocycles. The molecule has 0 aliphatic rings. The van der Waals surface area contributed by atoms with Crippen molar-refractivity contribution in [3.8, 4) is 17.0 Å². The maximum atomic E-state index is 13.6. The molecule has 2 aromatic heterocycles. The number of nitrogens with zero attached hydrogens (tertiary/aromatic N) is 1. The molecule has 7 nitrogen and oxygen atoms in total. The Hall–Kier alpha value is -3.79. The van der Waals surface area contributed by atoms with Crippen LogP contribution < -0.4 is 15.6 Å². The zero-order valence-electron chi connectivity index (χ0n) is 19.9. The summed E-state index contributed by atoms with van der Waals surface area (Å²) in [6.07, 6.45) is -7.65. The minimum absolute atomic E-state index is 0.234. The summed E-state index contributed by atoms with van der Waals surface area (Å²) in [5, 5.41) is 13.4. The van der Waals surface area contributed by atoms with Crippen LogP contribution in [0.4, 0.5) is 13.2 Å². The topological polar surface area (TPSA) is 96.4 Å². The fraction of sp³-hybridized carbons (Fsp3) is 0.308. The second-order valence-electron chi connectivity index (χ2n) is 8.91. The van der Waals surface area contributed by atoms with Gasteiger partial charge in [-0.2, -0.15) is 13.2 Å². The van der Waals surface area contributed by atoms with Crippen LogP contribution in [0, 0.1) is 5.92 Å². The molecule has 0 saturated carbocycles. The highest BCUT2D eigenvalue weighted by molar-refractivity contribution is 6.09. The average molecular weight is 502 g/mol. The molecule has 0 spiro atoms. The summed E-state index contributed by atoms with van der Waals surface area (Å²) in [7, 11) is 1.51. The van der Waals surface area contributed by atoms with Gasteiger partial charge in [0, 0.05) is 10.8 Å². The van der Waals surface area contributed by atoms with Crippen LogP contribution in [0.1, 0.15) is 13.8 Å². The number of pyridine rings is 1. The van der Waals surface area contributed by atoms with Gasteiger partial charge in [0.2, 0.25) is 5.91 Å². The number of carbonyl (C=O) groups is 1.